The molecule has 0 aromatic heterocycles. The van der Waals surface area contributed by atoms with E-state index in [0.717, 1.165) is 11.1 Å². The van der Waals surface area contributed by atoms with E-state index in [1.807, 2.05) is 13.0 Å². The second kappa shape index (κ2) is 4.40. The molecule has 0 atom stereocenters. The van der Waals surface area contributed by atoms with Crippen molar-refractivity contribution in [1.82, 2.24) is 0 Å². The van der Waals surface area contributed by atoms with Crippen LogP contribution in [0, 0.1) is 12.7 Å². The Morgan fingerprint density at radius 2 is 2.23 bits per heavy atom. The molecule has 3 heteroatoms. The van der Waals surface area contributed by atoms with Gasteiger partial charge < -0.3 is 5.73 Å². The number of nitrogens with two attached hydrogens (primary N) is 1. The van der Waals surface area contributed by atoms with Gasteiger partial charge in [-0.05, 0) is 30.2 Å². The Balaban J connectivity index is 3.08. The first-order valence-corrected chi connectivity index (χ1v) is 4.35. The lowest BCUT2D eigenvalue weighted by molar-refractivity contribution is 0.627. The van der Waals surface area contributed by atoms with Gasteiger partial charge in [0, 0.05) is 6.54 Å². The fraction of sp³-hybridized carbons (Fsp3) is 0.200. The minimum absolute atomic E-state index is 0.141. The summed E-state index contributed by atoms with van der Waals surface area (Å²) in [6, 6.07) is 3.01. The topological polar surface area (TPSA) is 26.0 Å². The van der Waals surface area contributed by atoms with Crippen molar-refractivity contribution < 1.29 is 4.39 Å². The van der Waals surface area contributed by atoms with Crippen LogP contribution in [0.1, 0.15) is 11.1 Å². The Hall–Kier alpha value is -0.860. The summed E-state index contributed by atoms with van der Waals surface area (Å²) in [7, 11) is 0. The molecule has 0 bridgehead atoms. The largest absolute Gasteiger partial charge is 0.327 e. The summed E-state index contributed by atoms with van der Waals surface area (Å²) in [4.78, 5) is 0. The quantitative estimate of drug-likeness (QED) is 0.779. The fourth-order valence-electron chi connectivity index (χ4n) is 1.04. The highest BCUT2D eigenvalue weighted by atomic mass is 35.5. The molecule has 0 saturated heterocycles. The van der Waals surface area contributed by atoms with Crippen molar-refractivity contribution in [1.29, 1.82) is 0 Å². The zero-order chi connectivity index (χ0) is 9.84. The molecule has 0 heterocycles. The molecule has 0 amide bonds. The van der Waals surface area contributed by atoms with E-state index in [9.17, 15) is 4.39 Å². The third-order valence-corrected chi connectivity index (χ3v) is 2.03. The van der Waals surface area contributed by atoms with Crippen LogP contribution in [-0.4, -0.2) is 6.54 Å². The number of halogens is 2. The summed E-state index contributed by atoms with van der Waals surface area (Å²) < 4.78 is 12.9. The molecule has 0 spiro atoms. The smallest absolute Gasteiger partial charge is 0.142 e. The van der Waals surface area contributed by atoms with Crippen molar-refractivity contribution in [3.63, 3.8) is 0 Å². The first-order valence-electron chi connectivity index (χ1n) is 3.97. The lowest BCUT2D eigenvalue weighted by Gasteiger charge is -2.01. The van der Waals surface area contributed by atoms with Crippen molar-refractivity contribution in [2.75, 3.05) is 6.54 Å². The number of aryl methyl sites for hydroxylation is 1. The van der Waals surface area contributed by atoms with E-state index in [1.54, 1.807) is 12.1 Å². The molecule has 1 aromatic rings. The minimum Gasteiger partial charge on any atom is -0.327 e. The Kier molecular flexibility index (Phi) is 3.46. The van der Waals surface area contributed by atoms with E-state index in [-0.39, 0.29) is 10.8 Å². The van der Waals surface area contributed by atoms with Crippen molar-refractivity contribution >= 4 is 17.7 Å². The van der Waals surface area contributed by atoms with E-state index in [2.05, 4.69) is 0 Å². The molecule has 0 aliphatic heterocycles. The molecular formula is C10H11ClFN. The maximum absolute atomic E-state index is 12.9. The zero-order valence-corrected chi connectivity index (χ0v) is 8.11. The monoisotopic (exact) mass is 199 g/mol. The molecule has 2 N–H and O–H groups in total. The lowest BCUT2D eigenvalue weighted by atomic mass is 10.1. The summed E-state index contributed by atoms with van der Waals surface area (Å²) in [6.45, 7) is 2.30. The molecule has 0 radical (unpaired) electrons. The van der Waals surface area contributed by atoms with E-state index >= 15 is 0 Å². The average molecular weight is 200 g/mol. The summed E-state index contributed by atoms with van der Waals surface area (Å²) in [5, 5.41) is 0.141. The third kappa shape index (κ3) is 2.54. The van der Waals surface area contributed by atoms with Gasteiger partial charge in [0.1, 0.15) is 5.82 Å². The fourth-order valence-corrected chi connectivity index (χ4v) is 1.21. The average Bonchev–Trinajstić information content (AvgIpc) is 2.09. The molecule has 0 unspecified atom stereocenters. The van der Waals surface area contributed by atoms with Gasteiger partial charge in [-0.1, -0.05) is 23.8 Å². The van der Waals surface area contributed by atoms with Crippen LogP contribution < -0.4 is 5.73 Å². The normalized spacial score (nSPS) is 11.1. The molecular weight excluding hydrogens is 189 g/mol. The summed E-state index contributed by atoms with van der Waals surface area (Å²) >= 11 is 5.62. The highest BCUT2D eigenvalue weighted by molar-refractivity contribution is 6.30. The van der Waals surface area contributed by atoms with Crippen LogP contribution in [0.2, 0.25) is 5.02 Å². The van der Waals surface area contributed by atoms with Gasteiger partial charge in [0.25, 0.3) is 0 Å². The van der Waals surface area contributed by atoms with Gasteiger partial charge in [0.15, 0.2) is 0 Å². The van der Waals surface area contributed by atoms with Crippen molar-refractivity contribution in [3.05, 3.63) is 40.2 Å². The summed E-state index contributed by atoms with van der Waals surface area (Å²) in [5.74, 6) is -0.385. The Bertz CT molecular complexity index is 334. The molecule has 0 aliphatic rings. The predicted molar refractivity (Wildman–Crippen MR) is 54.2 cm³/mol. The van der Waals surface area contributed by atoms with Gasteiger partial charge in [-0.3, -0.25) is 0 Å². The maximum Gasteiger partial charge on any atom is 0.142 e. The van der Waals surface area contributed by atoms with Gasteiger partial charge in [-0.15, -0.1) is 0 Å². The second-order valence-electron chi connectivity index (χ2n) is 2.76. The van der Waals surface area contributed by atoms with Gasteiger partial charge in [-0.25, -0.2) is 4.39 Å². The molecule has 1 nitrogen and oxygen atoms in total. The van der Waals surface area contributed by atoms with Crippen LogP contribution in [0.3, 0.4) is 0 Å². The number of hydrogen-bond donors (Lipinski definition) is 1. The van der Waals surface area contributed by atoms with Crippen molar-refractivity contribution in [2.45, 2.75) is 6.92 Å². The molecule has 0 aliphatic carbocycles. The number of rotatable bonds is 2. The Morgan fingerprint density at radius 3 is 2.85 bits per heavy atom. The van der Waals surface area contributed by atoms with Crippen molar-refractivity contribution in [2.24, 2.45) is 5.73 Å². The van der Waals surface area contributed by atoms with E-state index < -0.39 is 0 Å². The molecule has 70 valence electrons. The van der Waals surface area contributed by atoms with Crippen LogP contribution in [0.4, 0.5) is 4.39 Å². The van der Waals surface area contributed by atoms with Crippen LogP contribution >= 0.6 is 11.6 Å². The second-order valence-corrected chi connectivity index (χ2v) is 3.17. The highest BCUT2D eigenvalue weighted by Gasteiger charge is 2.02. The SMILES string of the molecule is Cc1cc(F)c(Cl)cc1/C=C/CN. The van der Waals surface area contributed by atoms with Gasteiger partial charge >= 0.3 is 0 Å². The molecule has 1 aromatic carbocycles. The van der Waals surface area contributed by atoms with Crippen molar-refractivity contribution in [3.8, 4) is 0 Å². The summed E-state index contributed by atoms with van der Waals surface area (Å²) in [5.41, 5.74) is 7.05. The van der Waals surface area contributed by atoms with Crippen LogP contribution in [0.25, 0.3) is 6.08 Å². The Labute approximate surface area is 82.0 Å². The lowest BCUT2D eigenvalue weighted by Crippen LogP contribution is -1.92. The first-order chi connectivity index (χ1) is 6.15. The van der Waals surface area contributed by atoms with Gasteiger partial charge in [0.2, 0.25) is 0 Å². The van der Waals surface area contributed by atoms with Crippen LogP contribution in [0.15, 0.2) is 18.2 Å². The van der Waals surface area contributed by atoms with E-state index in [1.165, 1.54) is 6.07 Å². The predicted octanol–water partition coefficient (Wildman–Crippen LogP) is 2.76. The van der Waals surface area contributed by atoms with Gasteiger partial charge in [0.05, 0.1) is 5.02 Å². The molecule has 0 saturated carbocycles. The van der Waals surface area contributed by atoms with Crippen LogP contribution in [-0.2, 0) is 0 Å². The number of hydrogen-bond acceptors (Lipinski definition) is 1. The molecule has 1 rings (SSSR count). The minimum atomic E-state index is -0.385. The third-order valence-electron chi connectivity index (χ3n) is 1.74. The molecule has 13 heavy (non-hydrogen) atoms. The first kappa shape index (κ1) is 10.2. The maximum atomic E-state index is 12.9. The van der Waals surface area contributed by atoms with Crippen LogP contribution in [0.5, 0.6) is 0 Å². The zero-order valence-electron chi connectivity index (χ0n) is 7.35. The van der Waals surface area contributed by atoms with Gasteiger partial charge in [-0.2, -0.15) is 0 Å². The number of benzene rings is 1. The molecule has 0 fully saturated rings. The standard InChI is InChI=1S/C10H11ClFN/c1-7-5-10(12)9(11)6-8(7)3-2-4-13/h2-3,5-6H,4,13H2,1H3/b3-2+. The highest BCUT2D eigenvalue weighted by Crippen LogP contribution is 2.20. The van der Waals surface area contributed by atoms with E-state index in [0.29, 0.717) is 6.54 Å². The summed E-state index contributed by atoms with van der Waals surface area (Å²) in [6.07, 6.45) is 3.64. The Morgan fingerprint density at radius 1 is 1.54 bits per heavy atom. The van der Waals surface area contributed by atoms with E-state index in [4.69, 9.17) is 17.3 Å².